The van der Waals surface area contributed by atoms with E-state index >= 15 is 0 Å². The summed E-state index contributed by atoms with van der Waals surface area (Å²) in [5, 5.41) is 0. The van der Waals surface area contributed by atoms with Gasteiger partial charge in [-0.05, 0) is 60.5 Å². The largest absolute Gasteiger partial charge is 0.341 e. The van der Waals surface area contributed by atoms with Crippen molar-refractivity contribution in [1.82, 2.24) is 14.7 Å². The average molecular weight is 300 g/mol. The number of nitrogens with two attached hydrogens (primary N) is 1. The van der Waals surface area contributed by atoms with Gasteiger partial charge in [0.1, 0.15) is 0 Å². The molecule has 0 bridgehead atoms. The van der Waals surface area contributed by atoms with Gasteiger partial charge in [0.25, 0.3) is 0 Å². The number of carbonyl (C=O) groups is 1. The highest BCUT2D eigenvalue weighted by atomic mass is 16.2. The molecule has 0 aliphatic rings. The molecule has 2 N–H and O–H groups in total. The van der Waals surface area contributed by atoms with Crippen LogP contribution in [0.25, 0.3) is 0 Å². The van der Waals surface area contributed by atoms with Crippen molar-refractivity contribution < 1.29 is 4.79 Å². The van der Waals surface area contributed by atoms with Crippen LogP contribution in [0.1, 0.15) is 39.0 Å². The van der Waals surface area contributed by atoms with Crippen LogP contribution in [-0.2, 0) is 4.79 Å². The fourth-order valence-electron chi connectivity index (χ4n) is 2.27. The molecule has 0 heterocycles. The van der Waals surface area contributed by atoms with Crippen molar-refractivity contribution in [2.24, 2.45) is 5.73 Å². The molecule has 0 aliphatic carbocycles. The van der Waals surface area contributed by atoms with Gasteiger partial charge in [-0.25, -0.2) is 0 Å². The maximum absolute atomic E-state index is 12.5. The minimum absolute atomic E-state index is 0.126. The molecule has 126 valence electrons. The van der Waals surface area contributed by atoms with E-state index in [-0.39, 0.29) is 11.9 Å². The normalized spacial score (nSPS) is 13.0. The number of rotatable bonds is 12. The zero-order chi connectivity index (χ0) is 16.3. The fourth-order valence-corrected chi connectivity index (χ4v) is 2.27. The first-order valence-corrected chi connectivity index (χ1v) is 8.22. The Hall–Kier alpha value is -0.650. The zero-order valence-electron chi connectivity index (χ0n) is 14.8. The van der Waals surface area contributed by atoms with E-state index in [2.05, 4.69) is 44.9 Å². The van der Waals surface area contributed by atoms with E-state index in [1.54, 1.807) is 0 Å². The second kappa shape index (κ2) is 12.0. The van der Waals surface area contributed by atoms with Gasteiger partial charge in [0.05, 0.1) is 6.04 Å². The molecular weight excluding hydrogens is 264 g/mol. The zero-order valence-corrected chi connectivity index (χ0v) is 14.8. The van der Waals surface area contributed by atoms with Crippen molar-refractivity contribution in [3.63, 3.8) is 0 Å². The molecule has 0 radical (unpaired) electrons. The van der Waals surface area contributed by atoms with Crippen LogP contribution in [0.5, 0.6) is 0 Å². The summed E-state index contributed by atoms with van der Waals surface area (Å²) in [7, 11) is 8.24. The van der Waals surface area contributed by atoms with Crippen molar-refractivity contribution in [3.8, 4) is 0 Å². The van der Waals surface area contributed by atoms with Crippen molar-refractivity contribution in [3.05, 3.63) is 0 Å². The standard InChI is InChI=1S/C16H36N4O/c1-6-7-10-15(17)16(21)20(13-8-11-18(2)3)14-9-12-19(4)5/h15H,6-14,17H2,1-5H3. The summed E-state index contributed by atoms with van der Waals surface area (Å²) in [6, 6.07) is -0.330. The molecule has 0 aromatic heterocycles. The summed E-state index contributed by atoms with van der Waals surface area (Å²) in [4.78, 5) is 18.7. The van der Waals surface area contributed by atoms with E-state index in [1.165, 1.54) is 0 Å². The number of unbranched alkanes of at least 4 members (excludes halogenated alkanes) is 1. The van der Waals surface area contributed by atoms with Crippen LogP contribution in [0.3, 0.4) is 0 Å². The Balaban J connectivity index is 4.35. The third kappa shape index (κ3) is 10.7. The van der Waals surface area contributed by atoms with Crippen LogP contribution in [0.2, 0.25) is 0 Å². The summed E-state index contributed by atoms with van der Waals surface area (Å²) in [6.45, 7) is 5.75. The highest BCUT2D eigenvalue weighted by molar-refractivity contribution is 5.81. The van der Waals surface area contributed by atoms with Crippen molar-refractivity contribution in [2.45, 2.75) is 45.1 Å². The lowest BCUT2D eigenvalue weighted by Crippen LogP contribution is -2.45. The summed E-state index contributed by atoms with van der Waals surface area (Å²) in [6.07, 6.45) is 4.91. The van der Waals surface area contributed by atoms with Crippen LogP contribution in [-0.4, -0.2) is 81.0 Å². The van der Waals surface area contributed by atoms with Gasteiger partial charge in [0, 0.05) is 13.1 Å². The van der Waals surface area contributed by atoms with Crippen LogP contribution in [0.4, 0.5) is 0 Å². The van der Waals surface area contributed by atoms with E-state index in [9.17, 15) is 4.79 Å². The first kappa shape index (κ1) is 20.3. The maximum atomic E-state index is 12.5. The molecule has 0 rings (SSSR count). The molecular formula is C16H36N4O. The molecule has 0 saturated carbocycles. The highest BCUT2D eigenvalue weighted by Crippen LogP contribution is 2.05. The topological polar surface area (TPSA) is 52.8 Å². The molecule has 0 spiro atoms. The SMILES string of the molecule is CCCCC(N)C(=O)N(CCCN(C)C)CCCN(C)C. The Bertz CT molecular complexity index is 255. The molecule has 0 saturated heterocycles. The third-order valence-corrected chi connectivity index (χ3v) is 3.56. The first-order valence-electron chi connectivity index (χ1n) is 8.22. The summed E-state index contributed by atoms with van der Waals surface area (Å²) in [5.41, 5.74) is 6.06. The molecule has 5 heteroatoms. The molecule has 1 atom stereocenters. The Morgan fingerprint density at radius 3 is 1.76 bits per heavy atom. The number of carbonyl (C=O) groups excluding carboxylic acids is 1. The van der Waals surface area contributed by atoms with Gasteiger partial charge in [-0.2, -0.15) is 0 Å². The lowest BCUT2D eigenvalue weighted by atomic mass is 10.1. The molecule has 21 heavy (non-hydrogen) atoms. The van der Waals surface area contributed by atoms with Gasteiger partial charge in [0.15, 0.2) is 0 Å². The smallest absolute Gasteiger partial charge is 0.239 e. The Morgan fingerprint density at radius 2 is 1.38 bits per heavy atom. The Kier molecular flexibility index (Phi) is 11.6. The van der Waals surface area contributed by atoms with E-state index < -0.39 is 0 Å². The molecule has 0 aliphatic heterocycles. The van der Waals surface area contributed by atoms with Crippen LogP contribution < -0.4 is 5.73 Å². The number of hydrogen-bond acceptors (Lipinski definition) is 4. The molecule has 0 fully saturated rings. The monoisotopic (exact) mass is 300 g/mol. The van der Waals surface area contributed by atoms with Crippen LogP contribution >= 0.6 is 0 Å². The minimum atomic E-state index is -0.330. The van der Waals surface area contributed by atoms with Gasteiger partial charge >= 0.3 is 0 Å². The molecule has 5 nitrogen and oxygen atoms in total. The third-order valence-electron chi connectivity index (χ3n) is 3.56. The fraction of sp³-hybridized carbons (Fsp3) is 0.938. The molecule has 0 aromatic rings. The lowest BCUT2D eigenvalue weighted by Gasteiger charge is -2.27. The van der Waals surface area contributed by atoms with Gasteiger partial charge in [0.2, 0.25) is 5.91 Å². The van der Waals surface area contributed by atoms with Gasteiger partial charge in [-0.3, -0.25) is 4.79 Å². The van der Waals surface area contributed by atoms with Crippen LogP contribution in [0, 0.1) is 0 Å². The van der Waals surface area contributed by atoms with Crippen molar-refractivity contribution >= 4 is 5.91 Å². The maximum Gasteiger partial charge on any atom is 0.239 e. The van der Waals surface area contributed by atoms with Gasteiger partial charge in [-0.1, -0.05) is 19.8 Å². The summed E-state index contributed by atoms with van der Waals surface area (Å²) >= 11 is 0. The quantitative estimate of drug-likeness (QED) is 0.589. The van der Waals surface area contributed by atoms with Crippen LogP contribution in [0.15, 0.2) is 0 Å². The van der Waals surface area contributed by atoms with E-state index in [0.29, 0.717) is 0 Å². The molecule has 1 unspecified atom stereocenters. The second-order valence-electron chi connectivity index (χ2n) is 6.39. The summed E-state index contributed by atoms with van der Waals surface area (Å²) in [5.74, 6) is 0.126. The number of amides is 1. The van der Waals surface area contributed by atoms with Gasteiger partial charge in [-0.15, -0.1) is 0 Å². The highest BCUT2D eigenvalue weighted by Gasteiger charge is 2.20. The van der Waals surface area contributed by atoms with E-state index in [1.807, 2.05) is 4.90 Å². The predicted molar refractivity (Wildman–Crippen MR) is 90.4 cm³/mol. The minimum Gasteiger partial charge on any atom is -0.341 e. The number of nitrogens with zero attached hydrogens (tertiary/aromatic N) is 3. The number of hydrogen-bond donors (Lipinski definition) is 1. The van der Waals surface area contributed by atoms with E-state index in [0.717, 1.165) is 58.3 Å². The molecule has 1 amide bonds. The second-order valence-corrected chi connectivity index (χ2v) is 6.39. The van der Waals surface area contributed by atoms with Gasteiger partial charge < -0.3 is 20.4 Å². The Morgan fingerprint density at radius 1 is 0.905 bits per heavy atom. The first-order chi connectivity index (χ1) is 9.88. The van der Waals surface area contributed by atoms with Crippen molar-refractivity contribution in [1.29, 1.82) is 0 Å². The lowest BCUT2D eigenvalue weighted by molar-refractivity contribution is -0.133. The summed E-state index contributed by atoms with van der Waals surface area (Å²) < 4.78 is 0. The predicted octanol–water partition coefficient (Wildman–Crippen LogP) is 1.24. The average Bonchev–Trinajstić information content (AvgIpc) is 2.41. The van der Waals surface area contributed by atoms with Crippen molar-refractivity contribution in [2.75, 3.05) is 54.4 Å². The Labute approximate surface area is 131 Å². The van der Waals surface area contributed by atoms with E-state index in [4.69, 9.17) is 5.73 Å². The molecule has 0 aromatic carbocycles.